The number of rotatable bonds is 24. The molecule has 0 heteroatoms. The molecule has 1 unspecified atom stereocenters. The van der Waals surface area contributed by atoms with Crippen molar-refractivity contribution >= 4 is 0 Å². The highest BCUT2D eigenvalue weighted by Gasteiger charge is 2.19. The number of hydrogen-bond donors (Lipinski definition) is 0. The first-order valence-electron chi connectivity index (χ1n) is 17.9. The zero-order valence-electron chi connectivity index (χ0n) is 26.5. The summed E-state index contributed by atoms with van der Waals surface area (Å²) in [5.41, 5.74) is 5.26. The third kappa shape index (κ3) is 14.6. The third-order valence-electron chi connectivity index (χ3n) is 9.62. The summed E-state index contributed by atoms with van der Waals surface area (Å²) >= 11 is 0. The van der Waals surface area contributed by atoms with Gasteiger partial charge in [0.15, 0.2) is 0 Å². The van der Waals surface area contributed by atoms with E-state index < -0.39 is 0 Å². The van der Waals surface area contributed by atoms with Crippen LogP contribution < -0.4 is 0 Å². The number of unbranched alkanes of at least 4 members (excludes halogenated alkanes) is 13. The van der Waals surface area contributed by atoms with Crippen molar-refractivity contribution < 1.29 is 0 Å². The van der Waals surface area contributed by atoms with Gasteiger partial charge in [-0.05, 0) is 67.1 Å². The van der Waals surface area contributed by atoms with Crippen LogP contribution in [0.4, 0.5) is 0 Å². The highest BCUT2D eigenvalue weighted by molar-refractivity contribution is 5.38. The average molecular weight is 525 g/mol. The summed E-state index contributed by atoms with van der Waals surface area (Å²) < 4.78 is 0. The van der Waals surface area contributed by atoms with Crippen LogP contribution in [0.15, 0.2) is 18.2 Å². The summed E-state index contributed by atoms with van der Waals surface area (Å²) in [6.07, 6.45) is 38.6. The maximum Gasteiger partial charge on any atom is -0.0159 e. The van der Waals surface area contributed by atoms with Crippen molar-refractivity contribution in [2.45, 2.75) is 200 Å². The van der Waals surface area contributed by atoms with E-state index in [4.69, 9.17) is 0 Å². The lowest BCUT2D eigenvalue weighted by molar-refractivity contribution is 0.323. The second-order valence-corrected chi connectivity index (χ2v) is 13.0. The van der Waals surface area contributed by atoms with Gasteiger partial charge in [0.25, 0.3) is 0 Å². The van der Waals surface area contributed by atoms with E-state index in [1.54, 1.807) is 16.7 Å². The summed E-state index contributed by atoms with van der Waals surface area (Å²) in [5, 5.41) is 0. The lowest BCUT2D eigenvalue weighted by Gasteiger charge is -2.25. The number of benzene rings is 1. The quantitative estimate of drug-likeness (QED) is 0.118. The Hall–Kier alpha value is -0.780. The van der Waals surface area contributed by atoms with Crippen LogP contribution in [-0.4, -0.2) is 0 Å². The van der Waals surface area contributed by atoms with E-state index >= 15 is 0 Å². The minimum Gasteiger partial charge on any atom is -0.0654 e. The Labute approximate surface area is 240 Å². The molecular weight excluding hydrogens is 456 g/mol. The van der Waals surface area contributed by atoms with Crippen molar-refractivity contribution in [2.24, 2.45) is 5.92 Å². The van der Waals surface area contributed by atoms with Gasteiger partial charge < -0.3 is 0 Å². The van der Waals surface area contributed by atoms with Crippen LogP contribution >= 0.6 is 0 Å². The summed E-state index contributed by atoms with van der Waals surface area (Å²) in [5.74, 6) is 1.83. The Balaban J connectivity index is 1.97. The standard InChI is InChI=1S/C38H68/c1-4-7-10-11-12-13-14-15-16-22-29-36(30-23-27-34-25-20-17-21-26-34)38-33-24-31-35(28-18-8-5-2)37(38)32-19-9-6-3/h24,31,33-34,36H,4-23,25-30,32H2,1-3H3. The minimum atomic E-state index is 0.801. The van der Waals surface area contributed by atoms with Gasteiger partial charge in [-0.25, -0.2) is 0 Å². The fraction of sp³-hybridized carbons (Fsp3) is 0.842. The zero-order chi connectivity index (χ0) is 27.1. The summed E-state index contributed by atoms with van der Waals surface area (Å²) in [7, 11) is 0. The molecule has 0 heterocycles. The monoisotopic (exact) mass is 525 g/mol. The van der Waals surface area contributed by atoms with Gasteiger partial charge in [0.05, 0.1) is 0 Å². The maximum atomic E-state index is 2.56. The predicted molar refractivity (Wildman–Crippen MR) is 173 cm³/mol. The van der Waals surface area contributed by atoms with Crippen LogP contribution in [0, 0.1) is 5.92 Å². The summed E-state index contributed by atoms with van der Waals surface area (Å²) in [6.45, 7) is 7.01. The van der Waals surface area contributed by atoms with Crippen LogP contribution in [0.3, 0.4) is 0 Å². The highest BCUT2D eigenvalue weighted by Crippen LogP contribution is 2.36. The van der Waals surface area contributed by atoms with E-state index in [2.05, 4.69) is 39.0 Å². The molecule has 0 nitrogen and oxygen atoms in total. The smallest absolute Gasteiger partial charge is 0.0159 e. The molecular formula is C38H68. The van der Waals surface area contributed by atoms with Gasteiger partial charge in [0, 0.05) is 0 Å². The number of hydrogen-bond acceptors (Lipinski definition) is 0. The molecule has 1 atom stereocenters. The van der Waals surface area contributed by atoms with E-state index in [-0.39, 0.29) is 0 Å². The van der Waals surface area contributed by atoms with Crippen molar-refractivity contribution in [2.75, 3.05) is 0 Å². The Morgan fingerprint density at radius 1 is 0.579 bits per heavy atom. The van der Waals surface area contributed by atoms with E-state index in [0.717, 1.165) is 11.8 Å². The van der Waals surface area contributed by atoms with Gasteiger partial charge in [-0.1, -0.05) is 174 Å². The molecule has 1 aliphatic rings. The molecule has 0 aromatic heterocycles. The van der Waals surface area contributed by atoms with Crippen LogP contribution in [0.5, 0.6) is 0 Å². The lowest BCUT2D eigenvalue weighted by Crippen LogP contribution is -2.10. The zero-order valence-corrected chi connectivity index (χ0v) is 26.5. The normalized spacial score (nSPS) is 15.2. The van der Waals surface area contributed by atoms with Gasteiger partial charge >= 0.3 is 0 Å². The van der Waals surface area contributed by atoms with E-state index in [0.29, 0.717) is 0 Å². The van der Waals surface area contributed by atoms with Crippen LogP contribution in [0.25, 0.3) is 0 Å². The van der Waals surface area contributed by atoms with Crippen molar-refractivity contribution in [3.05, 3.63) is 34.9 Å². The molecule has 0 radical (unpaired) electrons. The van der Waals surface area contributed by atoms with Crippen molar-refractivity contribution in [3.8, 4) is 0 Å². The highest BCUT2D eigenvalue weighted by atomic mass is 14.2. The van der Waals surface area contributed by atoms with Gasteiger partial charge in [0.2, 0.25) is 0 Å². The molecule has 0 amide bonds. The van der Waals surface area contributed by atoms with Gasteiger partial charge in [-0.15, -0.1) is 0 Å². The van der Waals surface area contributed by atoms with Crippen LogP contribution in [0.1, 0.15) is 204 Å². The van der Waals surface area contributed by atoms with Gasteiger partial charge in [-0.2, -0.15) is 0 Å². The molecule has 0 aliphatic heterocycles. The molecule has 0 saturated heterocycles. The Bertz CT molecular complexity index is 652. The molecule has 2 rings (SSSR count). The molecule has 1 aromatic rings. The molecule has 1 aromatic carbocycles. The van der Waals surface area contributed by atoms with E-state index in [9.17, 15) is 0 Å². The molecule has 1 fully saturated rings. The topological polar surface area (TPSA) is 0 Å². The van der Waals surface area contributed by atoms with Gasteiger partial charge in [-0.3, -0.25) is 0 Å². The predicted octanol–water partition coefficient (Wildman–Crippen LogP) is 13.3. The van der Waals surface area contributed by atoms with Crippen LogP contribution in [-0.2, 0) is 12.8 Å². The SMILES string of the molecule is CCCCCCCCCCCCC(CCCC1CCCCC1)c1cccc(CCCCC)c1CCCCC. The summed E-state index contributed by atoms with van der Waals surface area (Å²) in [4.78, 5) is 0. The van der Waals surface area contributed by atoms with Crippen molar-refractivity contribution in [3.63, 3.8) is 0 Å². The van der Waals surface area contributed by atoms with Crippen LogP contribution in [0.2, 0.25) is 0 Å². The largest absolute Gasteiger partial charge is 0.0654 e. The first-order chi connectivity index (χ1) is 18.8. The molecule has 220 valence electrons. The maximum absolute atomic E-state index is 2.56. The van der Waals surface area contributed by atoms with Crippen molar-refractivity contribution in [1.29, 1.82) is 0 Å². The molecule has 0 spiro atoms. The molecule has 0 bridgehead atoms. The molecule has 1 saturated carbocycles. The third-order valence-corrected chi connectivity index (χ3v) is 9.62. The first-order valence-corrected chi connectivity index (χ1v) is 17.9. The first kappa shape index (κ1) is 33.4. The second-order valence-electron chi connectivity index (χ2n) is 13.0. The van der Waals surface area contributed by atoms with Crippen molar-refractivity contribution in [1.82, 2.24) is 0 Å². The number of aryl methyl sites for hydroxylation is 1. The molecule has 0 N–H and O–H groups in total. The fourth-order valence-electron chi connectivity index (χ4n) is 7.16. The molecule has 38 heavy (non-hydrogen) atoms. The fourth-order valence-corrected chi connectivity index (χ4v) is 7.16. The summed E-state index contributed by atoms with van der Waals surface area (Å²) in [6, 6.07) is 7.47. The van der Waals surface area contributed by atoms with E-state index in [1.807, 2.05) is 0 Å². The Morgan fingerprint density at radius 2 is 1.13 bits per heavy atom. The average Bonchev–Trinajstić information content (AvgIpc) is 2.94. The van der Waals surface area contributed by atoms with E-state index in [1.165, 1.54) is 173 Å². The minimum absolute atomic E-state index is 0.801. The second kappa shape index (κ2) is 23.0. The Kier molecular flexibility index (Phi) is 20.2. The van der Waals surface area contributed by atoms with Gasteiger partial charge in [0.1, 0.15) is 0 Å². The Morgan fingerprint density at radius 3 is 1.79 bits per heavy atom. The molecule has 1 aliphatic carbocycles. The lowest BCUT2D eigenvalue weighted by atomic mass is 9.80.